The number of rotatable bonds is 7. The highest BCUT2D eigenvalue weighted by atomic mass is 35.5. The smallest absolute Gasteiger partial charge is 0.320 e. The minimum Gasteiger partial charge on any atom is -1.00 e. The quantitative estimate of drug-likeness (QED) is 0.231. The number of aromatic nitrogens is 4. The summed E-state index contributed by atoms with van der Waals surface area (Å²) in [4.78, 5) is 23.0. The predicted octanol–water partition coefficient (Wildman–Crippen LogP) is -4.07. The monoisotopic (exact) mass is 506 g/mol. The maximum absolute atomic E-state index is 10.8. The van der Waals surface area contributed by atoms with Crippen molar-refractivity contribution in [3.63, 3.8) is 0 Å². The van der Waals surface area contributed by atoms with Crippen molar-refractivity contribution in [1.29, 1.82) is 0 Å². The van der Waals surface area contributed by atoms with Gasteiger partial charge in [-0.3, -0.25) is 9.36 Å². The summed E-state index contributed by atoms with van der Waals surface area (Å²) in [5.74, 6) is 0.254. The molecular weight excluding hydrogens is 483 g/mol. The molecule has 3 rings (SSSR count). The maximum atomic E-state index is 10.8. The second-order valence-corrected chi connectivity index (χ2v) is 8.82. The number of carboxylic acid groups (broad SMARTS) is 1. The Bertz CT molecular complexity index is 833. The largest absolute Gasteiger partial charge is 1.00 e. The molecule has 0 aliphatic carbocycles. The first-order valence-electron chi connectivity index (χ1n) is 8.31. The topological polar surface area (TPSA) is 183 Å². The number of fused-ring (bicyclic) bond motifs is 1. The van der Waals surface area contributed by atoms with E-state index in [-0.39, 0.29) is 53.9 Å². The third-order valence-electron chi connectivity index (χ3n) is 4.54. The lowest BCUT2D eigenvalue weighted by molar-refractivity contribution is -0.138. The average Bonchev–Trinajstić information content (AvgIpc) is 3.17. The fourth-order valence-corrected chi connectivity index (χ4v) is 4.63. The van der Waals surface area contributed by atoms with E-state index in [1.807, 2.05) is 6.26 Å². The number of halogens is 3. The zero-order valence-electron chi connectivity index (χ0n) is 15.9. The number of hydrogen-bond acceptors (Lipinski definition) is 9. The minimum atomic E-state index is -1.16. The molecule has 1 aliphatic heterocycles. The summed E-state index contributed by atoms with van der Waals surface area (Å²) >= 11 is 0. The van der Waals surface area contributed by atoms with Crippen LogP contribution in [0.5, 0.6) is 0 Å². The molecule has 30 heavy (non-hydrogen) atoms. The fraction of sp³-hybridized carbons (Fsp3) is 0.600. The molecule has 1 unspecified atom stereocenters. The number of nitrogens with two attached hydrogens (primary N) is 2. The van der Waals surface area contributed by atoms with E-state index in [1.165, 1.54) is 17.2 Å². The van der Waals surface area contributed by atoms with Gasteiger partial charge in [-0.15, -0.1) is 24.8 Å². The molecular formula is C15H25Cl3N6O5S. The maximum Gasteiger partial charge on any atom is 0.320 e. The first-order chi connectivity index (χ1) is 12.8. The van der Waals surface area contributed by atoms with Gasteiger partial charge < -0.3 is 43.9 Å². The van der Waals surface area contributed by atoms with E-state index in [9.17, 15) is 15.0 Å². The van der Waals surface area contributed by atoms with E-state index in [0.717, 1.165) is 0 Å². The van der Waals surface area contributed by atoms with E-state index in [4.69, 9.17) is 21.3 Å². The molecule has 3 heterocycles. The van der Waals surface area contributed by atoms with Crippen molar-refractivity contribution in [3.05, 3.63) is 12.7 Å². The van der Waals surface area contributed by atoms with Gasteiger partial charge in [0.05, 0.1) is 12.6 Å². The van der Waals surface area contributed by atoms with Crippen LogP contribution in [0.15, 0.2) is 12.7 Å². The molecule has 7 N–H and O–H groups in total. The summed E-state index contributed by atoms with van der Waals surface area (Å²) in [7, 11) is -0.235. The van der Waals surface area contributed by atoms with Crippen LogP contribution in [0.25, 0.3) is 11.2 Å². The van der Waals surface area contributed by atoms with Crippen molar-refractivity contribution in [1.82, 2.24) is 19.5 Å². The van der Waals surface area contributed by atoms with Crippen LogP contribution in [0.4, 0.5) is 5.82 Å². The Balaban J connectivity index is 0.00000280. The predicted molar refractivity (Wildman–Crippen MR) is 113 cm³/mol. The Hall–Kier alpha value is -1.12. The van der Waals surface area contributed by atoms with Crippen LogP contribution >= 0.6 is 24.8 Å². The van der Waals surface area contributed by atoms with Gasteiger partial charge in [0, 0.05) is 6.42 Å². The Morgan fingerprint density at radius 3 is 2.60 bits per heavy atom. The SMILES string of the molecule is C[S+](CC[C@@H](N)C(=O)O)C[C@@H]1O[C@H](n2cnc3c(N)ncnc32)[C@@H](O)[C@H]1O.Cl.Cl.[Cl-]. The van der Waals surface area contributed by atoms with E-state index in [0.29, 0.717) is 29.1 Å². The van der Waals surface area contributed by atoms with Gasteiger partial charge in [-0.1, -0.05) is 0 Å². The Kier molecular flexibility index (Phi) is 11.6. The highest BCUT2D eigenvalue weighted by Crippen LogP contribution is 2.32. The van der Waals surface area contributed by atoms with Crippen LogP contribution in [0.3, 0.4) is 0 Å². The average molecular weight is 508 g/mol. The molecule has 1 saturated heterocycles. The van der Waals surface area contributed by atoms with Crippen molar-refractivity contribution in [2.75, 3.05) is 23.5 Å². The van der Waals surface area contributed by atoms with Gasteiger partial charge in [-0.25, -0.2) is 15.0 Å². The number of nitrogens with zero attached hydrogens (tertiary/aromatic N) is 4. The van der Waals surface area contributed by atoms with Crippen LogP contribution < -0.4 is 23.9 Å². The molecule has 0 saturated carbocycles. The molecule has 0 bridgehead atoms. The molecule has 0 amide bonds. The van der Waals surface area contributed by atoms with Crippen LogP contribution in [-0.4, -0.2) is 82.9 Å². The van der Waals surface area contributed by atoms with Crippen molar-refractivity contribution in [3.8, 4) is 0 Å². The second kappa shape index (κ2) is 12.1. The number of aliphatic hydroxyl groups excluding tert-OH is 2. The summed E-state index contributed by atoms with van der Waals surface area (Å²) in [6.45, 7) is 0. The molecule has 2 aromatic heterocycles. The Morgan fingerprint density at radius 2 is 1.97 bits per heavy atom. The molecule has 0 radical (unpaired) electrons. The number of anilines is 1. The number of imidazole rings is 1. The lowest BCUT2D eigenvalue weighted by atomic mass is 10.1. The van der Waals surface area contributed by atoms with E-state index in [1.54, 1.807) is 0 Å². The van der Waals surface area contributed by atoms with Crippen LogP contribution in [0, 0.1) is 0 Å². The number of ether oxygens (including phenoxy) is 1. The second-order valence-electron chi connectivity index (χ2n) is 6.51. The van der Waals surface area contributed by atoms with Gasteiger partial charge in [0.1, 0.15) is 47.7 Å². The molecule has 172 valence electrons. The highest BCUT2D eigenvalue weighted by molar-refractivity contribution is 7.96. The summed E-state index contributed by atoms with van der Waals surface area (Å²) in [6.07, 6.45) is 1.31. The third kappa shape index (κ3) is 5.98. The van der Waals surface area contributed by atoms with Gasteiger partial charge in [0.2, 0.25) is 0 Å². The number of nitrogen functional groups attached to an aromatic ring is 1. The molecule has 6 atom stereocenters. The minimum absolute atomic E-state index is 0. The Labute approximate surface area is 194 Å². The number of carbonyl (C=O) groups is 1. The standard InChI is InChI=1S/C15H22N6O5S.3ClH/c1-27(3-2-7(16)15(24)25)4-8-10(22)11(23)14(26-8)21-6-20-9-12(17)18-5-19-13(9)21;;;/h5-8,10-11,14,22-23H,2-4,16H2,1H3,(H2-,17,18,19,24,25);3*1H/t7-,8+,10+,11+,14+,27?;;;/m1.../s1. The summed E-state index contributed by atoms with van der Waals surface area (Å²) < 4.78 is 7.41. The van der Waals surface area contributed by atoms with Gasteiger partial charge >= 0.3 is 5.97 Å². The lowest BCUT2D eigenvalue weighted by Gasteiger charge is -2.16. The van der Waals surface area contributed by atoms with Crippen molar-refractivity contribution >= 4 is 58.7 Å². The summed E-state index contributed by atoms with van der Waals surface area (Å²) in [5.41, 5.74) is 12.1. The normalized spacial score (nSPS) is 24.9. The Morgan fingerprint density at radius 1 is 1.30 bits per heavy atom. The molecule has 0 spiro atoms. The van der Waals surface area contributed by atoms with Gasteiger partial charge in [0.25, 0.3) is 0 Å². The van der Waals surface area contributed by atoms with Crippen LogP contribution in [0.2, 0.25) is 0 Å². The molecule has 11 nitrogen and oxygen atoms in total. The molecule has 1 fully saturated rings. The highest BCUT2D eigenvalue weighted by Gasteiger charge is 2.46. The van der Waals surface area contributed by atoms with Crippen LogP contribution in [0.1, 0.15) is 12.6 Å². The van der Waals surface area contributed by atoms with Crippen molar-refractivity contribution < 1.29 is 37.3 Å². The van der Waals surface area contributed by atoms with Gasteiger partial charge in [-0.2, -0.15) is 0 Å². The summed E-state index contributed by atoms with van der Waals surface area (Å²) in [5, 5.41) is 29.7. The first-order valence-corrected chi connectivity index (χ1v) is 10.3. The lowest BCUT2D eigenvalue weighted by Crippen LogP contribution is -3.00. The summed E-state index contributed by atoms with van der Waals surface area (Å²) in [6, 6.07) is -0.907. The van der Waals surface area contributed by atoms with Gasteiger partial charge in [-0.05, 0) is 10.9 Å². The van der Waals surface area contributed by atoms with E-state index >= 15 is 0 Å². The third-order valence-corrected chi connectivity index (χ3v) is 6.37. The zero-order chi connectivity index (χ0) is 19.7. The number of hydrogen-bond donors (Lipinski definition) is 5. The van der Waals surface area contributed by atoms with Crippen LogP contribution in [-0.2, 0) is 20.4 Å². The molecule has 2 aromatic rings. The molecule has 0 aromatic carbocycles. The first kappa shape index (κ1) is 28.9. The van der Waals surface area contributed by atoms with Crippen molar-refractivity contribution in [2.24, 2.45) is 5.73 Å². The fourth-order valence-electron chi connectivity index (χ4n) is 2.97. The zero-order valence-corrected chi connectivity index (χ0v) is 19.1. The number of carboxylic acids is 1. The molecule has 1 aliphatic rings. The number of aliphatic carboxylic acids is 1. The van der Waals surface area contributed by atoms with Gasteiger partial charge in [0.15, 0.2) is 17.7 Å². The van der Waals surface area contributed by atoms with Crippen molar-refractivity contribution in [2.45, 2.75) is 37.0 Å². The van der Waals surface area contributed by atoms with E-state index in [2.05, 4.69) is 15.0 Å². The molecule has 15 heteroatoms. The van der Waals surface area contributed by atoms with E-state index < -0.39 is 36.6 Å². The number of aliphatic hydroxyl groups is 2.